The van der Waals surface area contributed by atoms with Gasteiger partial charge in [0.15, 0.2) is 5.78 Å². The van der Waals surface area contributed by atoms with Crippen molar-refractivity contribution in [3.05, 3.63) is 69.0 Å². The van der Waals surface area contributed by atoms with Crippen LogP contribution in [0.2, 0.25) is 0 Å². The molecule has 1 aromatic carbocycles. The summed E-state index contributed by atoms with van der Waals surface area (Å²) in [7, 11) is 0. The molecule has 0 saturated heterocycles. The van der Waals surface area contributed by atoms with E-state index in [0.717, 1.165) is 39.6 Å². The van der Waals surface area contributed by atoms with Gasteiger partial charge < -0.3 is 5.73 Å². The molecule has 0 saturated carbocycles. The van der Waals surface area contributed by atoms with Gasteiger partial charge >= 0.3 is 0 Å². The molecule has 1 aromatic heterocycles. The van der Waals surface area contributed by atoms with Gasteiger partial charge in [0.1, 0.15) is 5.82 Å². The number of hydrogen-bond donors (Lipinski definition) is 1. The van der Waals surface area contributed by atoms with E-state index in [9.17, 15) is 10.1 Å². The summed E-state index contributed by atoms with van der Waals surface area (Å²) in [5, 5.41) is 10.2. The number of nitrogens with zero attached hydrogens (tertiary/aromatic N) is 2. The van der Waals surface area contributed by atoms with E-state index in [1.165, 1.54) is 10.4 Å². The van der Waals surface area contributed by atoms with E-state index < -0.39 is 5.92 Å². The fourth-order valence-corrected chi connectivity index (χ4v) is 6.78. The lowest BCUT2D eigenvalue weighted by Crippen LogP contribution is -2.42. The average Bonchev–Trinajstić information content (AvgIpc) is 3.12. The first-order valence-corrected chi connectivity index (χ1v) is 12.9. The van der Waals surface area contributed by atoms with E-state index in [2.05, 4.69) is 52.0 Å². The number of rotatable bonds is 4. The molecule has 2 N–H and O–H groups in total. The normalized spacial score (nSPS) is 20.4. The third-order valence-corrected chi connectivity index (χ3v) is 8.55. The fraction of sp³-hybridized carbons (Fsp3) is 0.385. The Kier molecular flexibility index (Phi) is 6.00. The number of nitrogens with two attached hydrogens (primary N) is 1. The van der Waals surface area contributed by atoms with Crippen LogP contribution >= 0.6 is 23.1 Å². The highest BCUT2D eigenvalue weighted by molar-refractivity contribution is 8.00. The third kappa shape index (κ3) is 3.78. The molecule has 0 bridgehead atoms. The van der Waals surface area contributed by atoms with Crippen molar-refractivity contribution < 1.29 is 4.79 Å². The van der Waals surface area contributed by atoms with Crippen molar-refractivity contribution in [3.8, 4) is 6.07 Å². The second kappa shape index (κ2) is 8.46. The smallest absolute Gasteiger partial charge is 0.162 e. The molecule has 1 aliphatic heterocycles. The Morgan fingerprint density at radius 1 is 1.28 bits per heavy atom. The summed E-state index contributed by atoms with van der Waals surface area (Å²) in [4.78, 5) is 16.7. The molecule has 0 spiro atoms. The number of hydrogen-bond acceptors (Lipinski definition) is 6. The van der Waals surface area contributed by atoms with Crippen molar-refractivity contribution in [1.82, 2.24) is 0 Å². The molecule has 0 radical (unpaired) electrons. The van der Waals surface area contributed by atoms with Gasteiger partial charge in [-0.15, -0.1) is 23.1 Å². The van der Waals surface area contributed by atoms with Crippen LogP contribution in [-0.4, -0.2) is 12.0 Å². The van der Waals surface area contributed by atoms with Crippen LogP contribution < -0.4 is 10.6 Å². The van der Waals surface area contributed by atoms with Crippen LogP contribution in [0.4, 0.5) is 5.69 Å². The lowest BCUT2D eigenvalue weighted by atomic mass is 9.69. The number of Topliss-reactive ketones (excluding diaryl/α,β-unsaturated/α-hetero) is 1. The van der Waals surface area contributed by atoms with E-state index in [1.54, 1.807) is 23.1 Å². The van der Waals surface area contributed by atoms with E-state index >= 15 is 0 Å². The highest BCUT2D eigenvalue weighted by Gasteiger charge is 2.45. The molecule has 2 heterocycles. The maximum atomic E-state index is 13.6. The topological polar surface area (TPSA) is 70.1 Å². The van der Waals surface area contributed by atoms with Crippen LogP contribution in [0.15, 0.2) is 57.2 Å². The Bertz CT molecular complexity index is 1180. The zero-order valence-electron chi connectivity index (χ0n) is 19.3. The summed E-state index contributed by atoms with van der Waals surface area (Å²) < 4.78 is 1.14. The molecule has 32 heavy (non-hydrogen) atoms. The summed E-state index contributed by atoms with van der Waals surface area (Å²) >= 11 is 3.37. The second-order valence-corrected chi connectivity index (χ2v) is 11.6. The Balaban J connectivity index is 1.99. The van der Waals surface area contributed by atoms with Gasteiger partial charge in [0, 0.05) is 28.3 Å². The standard InChI is InChI=1S/C26H29N3OS2/c1-6-16-7-9-17(10-8-16)29-20-12-26(3,4)13-21(30)23(20)22(19(14-27)24(29)28)18-11-15(2)32-25(18)31-5/h7-11,22H,6,12-13,28H2,1-5H3/t22-/m1/s1. The molecule has 1 atom stereocenters. The van der Waals surface area contributed by atoms with Gasteiger partial charge in [-0.05, 0) is 60.8 Å². The molecule has 166 valence electrons. The number of thioether (sulfide) groups is 1. The van der Waals surface area contributed by atoms with Crippen molar-refractivity contribution in [2.24, 2.45) is 11.1 Å². The first kappa shape index (κ1) is 22.7. The Hall–Kier alpha value is -2.49. The molecule has 0 fully saturated rings. The average molecular weight is 464 g/mol. The van der Waals surface area contributed by atoms with Gasteiger partial charge in [-0.1, -0.05) is 32.9 Å². The summed E-state index contributed by atoms with van der Waals surface area (Å²) in [6.07, 6.45) is 4.20. The molecule has 2 aromatic rings. The van der Waals surface area contributed by atoms with Crippen molar-refractivity contribution >= 4 is 34.6 Å². The molecule has 1 aliphatic carbocycles. The summed E-state index contributed by atoms with van der Waals surface area (Å²) in [5.41, 5.74) is 11.9. The quantitative estimate of drug-likeness (QED) is 0.540. The summed E-state index contributed by atoms with van der Waals surface area (Å²) in [5.74, 6) is 0.145. The minimum absolute atomic E-state index is 0.118. The zero-order valence-corrected chi connectivity index (χ0v) is 20.9. The molecule has 2 aliphatic rings. The zero-order chi connectivity index (χ0) is 23.2. The number of nitriles is 1. The largest absolute Gasteiger partial charge is 0.384 e. The third-order valence-electron chi connectivity index (χ3n) is 6.33. The minimum atomic E-state index is -0.405. The highest BCUT2D eigenvalue weighted by atomic mass is 32.2. The van der Waals surface area contributed by atoms with Gasteiger partial charge in [0.2, 0.25) is 0 Å². The van der Waals surface area contributed by atoms with Crippen LogP contribution in [0.25, 0.3) is 0 Å². The fourth-order valence-electron chi connectivity index (χ4n) is 4.87. The summed E-state index contributed by atoms with van der Waals surface area (Å²) in [6, 6.07) is 12.8. The van der Waals surface area contributed by atoms with Crippen LogP contribution in [0, 0.1) is 23.7 Å². The van der Waals surface area contributed by atoms with Crippen LogP contribution in [0.3, 0.4) is 0 Å². The number of thiophene rings is 1. The van der Waals surface area contributed by atoms with Crippen molar-refractivity contribution in [2.45, 2.75) is 57.1 Å². The number of aryl methyl sites for hydroxylation is 2. The number of carbonyl (C=O) groups is 1. The molecular weight excluding hydrogens is 434 g/mol. The van der Waals surface area contributed by atoms with Gasteiger partial charge in [-0.2, -0.15) is 5.26 Å². The predicted octanol–water partition coefficient (Wildman–Crippen LogP) is 6.28. The van der Waals surface area contributed by atoms with E-state index in [4.69, 9.17) is 5.73 Å². The monoisotopic (exact) mass is 463 g/mol. The number of anilines is 1. The van der Waals surface area contributed by atoms with Crippen molar-refractivity contribution in [1.29, 1.82) is 5.26 Å². The van der Waals surface area contributed by atoms with Crippen molar-refractivity contribution in [2.75, 3.05) is 11.2 Å². The first-order chi connectivity index (χ1) is 15.2. The van der Waals surface area contributed by atoms with E-state index in [0.29, 0.717) is 17.8 Å². The maximum Gasteiger partial charge on any atom is 0.162 e. The van der Waals surface area contributed by atoms with Gasteiger partial charge in [-0.3, -0.25) is 9.69 Å². The van der Waals surface area contributed by atoms with Crippen LogP contribution in [-0.2, 0) is 11.2 Å². The number of benzene rings is 1. The SMILES string of the molecule is CCc1ccc(N2C(N)=C(C#N)[C@@H](c3cc(C)sc3SC)C3=C2CC(C)(C)CC3=O)cc1. The number of ketones is 1. The van der Waals surface area contributed by atoms with Gasteiger partial charge in [0.25, 0.3) is 0 Å². The molecule has 6 heteroatoms. The van der Waals surface area contributed by atoms with E-state index in [1.807, 2.05) is 23.3 Å². The predicted molar refractivity (Wildman–Crippen MR) is 134 cm³/mol. The maximum absolute atomic E-state index is 13.6. The lowest BCUT2D eigenvalue weighted by Gasteiger charge is -2.43. The number of allylic oxidation sites excluding steroid dienone is 3. The molecular formula is C26H29N3OS2. The minimum Gasteiger partial charge on any atom is -0.384 e. The van der Waals surface area contributed by atoms with Crippen LogP contribution in [0.1, 0.15) is 55.5 Å². The van der Waals surface area contributed by atoms with Gasteiger partial charge in [0.05, 0.1) is 21.8 Å². The Labute approximate surface area is 198 Å². The van der Waals surface area contributed by atoms with Crippen molar-refractivity contribution in [3.63, 3.8) is 0 Å². The molecule has 4 rings (SSSR count). The lowest BCUT2D eigenvalue weighted by molar-refractivity contribution is -0.118. The first-order valence-electron chi connectivity index (χ1n) is 10.9. The van der Waals surface area contributed by atoms with E-state index in [-0.39, 0.29) is 11.2 Å². The highest BCUT2D eigenvalue weighted by Crippen LogP contribution is 2.52. The molecule has 4 nitrogen and oxygen atoms in total. The molecule has 0 unspecified atom stereocenters. The number of carbonyl (C=O) groups excluding carboxylic acids is 1. The Morgan fingerprint density at radius 2 is 1.97 bits per heavy atom. The summed E-state index contributed by atoms with van der Waals surface area (Å²) in [6.45, 7) is 8.45. The second-order valence-electron chi connectivity index (χ2n) is 9.30. The Morgan fingerprint density at radius 3 is 2.56 bits per heavy atom. The van der Waals surface area contributed by atoms with Crippen LogP contribution in [0.5, 0.6) is 0 Å². The van der Waals surface area contributed by atoms with Gasteiger partial charge in [-0.25, -0.2) is 0 Å². The molecule has 0 amide bonds.